The van der Waals surface area contributed by atoms with Gasteiger partial charge in [0.2, 0.25) is 0 Å². The molecular formula is C25H36N4O. The highest BCUT2D eigenvalue weighted by Crippen LogP contribution is 2.25. The Balaban J connectivity index is 1.33. The van der Waals surface area contributed by atoms with Gasteiger partial charge in [-0.1, -0.05) is 43.9 Å². The van der Waals surface area contributed by atoms with Gasteiger partial charge >= 0.3 is 0 Å². The van der Waals surface area contributed by atoms with Crippen molar-refractivity contribution in [3.05, 3.63) is 47.3 Å². The monoisotopic (exact) mass is 408 g/mol. The molecule has 1 saturated carbocycles. The molecule has 1 amide bonds. The van der Waals surface area contributed by atoms with E-state index in [1.54, 1.807) is 6.20 Å². The molecule has 2 aromatic rings. The molecule has 5 heteroatoms. The van der Waals surface area contributed by atoms with Crippen molar-refractivity contribution >= 4 is 5.91 Å². The third-order valence-corrected chi connectivity index (χ3v) is 6.89. The highest BCUT2D eigenvalue weighted by Gasteiger charge is 2.25. The molecule has 1 aliphatic carbocycles. The summed E-state index contributed by atoms with van der Waals surface area (Å²) in [5.41, 5.74) is 3.91. The van der Waals surface area contributed by atoms with Gasteiger partial charge in [0.15, 0.2) is 0 Å². The molecule has 2 aliphatic rings. The normalized spacial score (nSPS) is 19.1. The first-order valence-electron chi connectivity index (χ1n) is 11.8. The topological polar surface area (TPSA) is 50.2 Å². The number of amides is 1. The lowest BCUT2D eigenvalue weighted by Gasteiger charge is -2.35. The zero-order chi connectivity index (χ0) is 20.9. The van der Waals surface area contributed by atoms with Crippen LogP contribution in [-0.2, 0) is 6.42 Å². The Bertz CT molecular complexity index is 827. The number of carbonyl (C=O) groups excluding carboxylic acids is 1. The summed E-state index contributed by atoms with van der Waals surface area (Å²) >= 11 is 0. The Kier molecular flexibility index (Phi) is 6.88. The summed E-state index contributed by atoms with van der Waals surface area (Å²) in [6, 6.07) is 8.55. The van der Waals surface area contributed by atoms with Crippen LogP contribution in [0.2, 0.25) is 0 Å². The largest absolute Gasteiger partial charge is 0.349 e. The Morgan fingerprint density at radius 3 is 2.43 bits per heavy atom. The summed E-state index contributed by atoms with van der Waals surface area (Å²) < 4.78 is 1.90. The molecule has 0 unspecified atom stereocenters. The molecule has 0 spiro atoms. The molecule has 0 atom stereocenters. The zero-order valence-electron chi connectivity index (χ0n) is 18.6. The van der Waals surface area contributed by atoms with Crippen LogP contribution in [0, 0.1) is 12.8 Å². The molecule has 30 heavy (non-hydrogen) atoms. The first kappa shape index (κ1) is 21.1. The van der Waals surface area contributed by atoms with Gasteiger partial charge in [0, 0.05) is 25.7 Å². The van der Waals surface area contributed by atoms with Crippen LogP contribution in [0.4, 0.5) is 0 Å². The van der Waals surface area contributed by atoms with Gasteiger partial charge in [0.25, 0.3) is 5.91 Å². The van der Waals surface area contributed by atoms with Crippen LogP contribution in [0.3, 0.4) is 0 Å². The Morgan fingerprint density at radius 2 is 1.77 bits per heavy atom. The minimum atomic E-state index is 0.0240. The molecule has 2 fully saturated rings. The van der Waals surface area contributed by atoms with Crippen LogP contribution in [-0.4, -0.2) is 46.3 Å². The van der Waals surface area contributed by atoms with E-state index >= 15 is 0 Å². The molecule has 1 aromatic carbocycles. The molecule has 2 heterocycles. The molecule has 162 valence electrons. The van der Waals surface area contributed by atoms with E-state index in [1.807, 2.05) is 4.68 Å². The number of piperidine rings is 1. The van der Waals surface area contributed by atoms with E-state index in [0.717, 1.165) is 49.7 Å². The van der Waals surface area contributed by atoms with E-state index in [1.165, 1.54) is 44.2 Å². The number of nitrogens with zero attached hydrogens (tertiary/aromatic N) is 3. The summed E-state index contributed by atoms with van der Waals surface area (Å²) in [6.45, 7) is 7.62. The number of aryl methyl sites for hydroxylation is 1. The van der Waals surface area contributed by atoms with Gasteiger partial charge in [-0.05, 0) is 57.1 Å². The van der Waals surface area contributed by atoms with Gasteiger partial charge in [-0.25, -0.2) is 4.68 Å². The Hall–Kier alpha value is -2.14. The third-order valence-electron chi connectivity index (χ3n) is 6.89. The molecule has 4 rings (SSSR count). The number of hydrogen-bond donors (Lipinski definition) is 1. The number of nitrogens with one attached hydrogen (secondary N) is 1. The van der Waals surface area contributed by atoms with Crippen molar-refractivity contribution in [2.45, 2.75) is 71.3 Å². The second-order valence-electron chi connectivity index (χ2n) is 9.16. The van der Waals surface area contributed by atoms with Crippen molar-refractivity contribution in [2.75, 3.05) is 19.6 Å². The molecule has 1 aliphatic heterocycles. The lowest BCUT2D eigenvalue weighted by molar-refractivity contribution is 0.0900. The van der Waals surface area contributed by atoms with Crippen LogP contribution >= 0.6 is 0 Å². The summed E-state index contributed by atoms with van der Waals surface area (Å²) in [5, 5.41) is 7.81. The van der Waals surface area contributed by atoms with Crippen molar-refractivity contribution in [3.8, 4) is 5.69 Å². The van der Waals surface area contributed by atoms with Crippen LogP contribution in [0.1, 0.15) is 73.5 Å². The highest BCUT2D eigenvalue weighted by molar-refractivity contribution is 5.95. The smallest absolute Gasteiger partial charge is 0.254 e. The number of benzene rings is 1. The highest BCUT2D eigenvalue weighted by atomic mass is 16.1. The molecule has 0 bridgehead atoms. The Morgan fingerprint density at radius 1 is 1.07 bits per heavy atom. The number of carbonyl (C=O) groups is 1. The van der Waals surface area contributed by atoms with Gasteiger partial charge in [0.1, 0.15) is 0 Å². The summed E-state index contributed by atoms with van der Waals surface area (Å²) in [7, 11) is 0. The summed E-state index contributed by atoms with van der Waals surface area (Å²) in [4.78, 5) is 15.6. The summed E-state index contributed by atoms with van der Waals surface area (Å²) in [5.74, 6) is 0.917. The van der Waals surface area contributed by atoms with Crippen LogP contribution < -0.4 is 5.32 Å². The van der Waals surface area contributed by atoms with Gasteiger partial charge in [-0.15, -0.1) is 0 Å². The van der Waals surface area contributed by atoms with E-state index in [2.05, 4.69) is 53.4 Å². The SMILES string of the molecule is CCc1c(C(=O)NC2CCN(CC3CCCCC3)CC2)cnn1-c1ccc(C)cc1. The van der Waals surface area contributed by atoms with Crippen molar-refractivity contribution in [3.63, 3.8) is 0 Å². The first-order chi connectivity index (χ1) is 14.6. The predicted molar refractivity (Wildman–Crippen MR) is 121 cm³/mol. The second-order valence-corrected chi connectivity index (χ2v) is 9.16. The first-order valence-corrected chi connectivity index (χ1v) is 11.8. The average molecular weight is 409 g/mol. The maximum absolute atomic E-state index is 13.0. The number of rotatable bonds is 6. The van der Waals surface area contributed by atoms with E-state index < -0.39 is 0 Å². The van der Waals surface area contributed by atoms with Crippen molar-refractivity contribution in [2.24, 2.45) is 5.92 Å². The van der Waals surface area contributed by atoms with Gasteiger partial charge in [0.05, 0.1) is 23.1 Å². The lowest BCUT2D eigenvalue weighted by atomic mass is 9.88. The van der Waals surface area contributed by atoms with E-state index in [-0.39, 0.29) is 11.9 Å². The lowest BCUT2D eigenvalue weighted by Crippen LogP contribution is -2.46. The second kappa shape index (κ2) is 9.78. The fourth-order valence-corrected chi connectivity index (χ4v) is 5.07. The zero-order valence-corrected chi connectivity index (χ0v) is 18.6. The van der Waals surface area contributed by atoms with Crippen molar-refractivity contribution in [1.29, 1.82) is 0 Å². The maximum atomic E-state index is 13.0. The standard InChI is InChI=1S/C25H36N4O/c1-3-24-23(17-26-29(24)22-11-9-19(2)10-12-22)25(30)27-21-13-15-28(16-14-21)18-20-7-5-4-6-8-20/h9-12,17,20-21H,3-8,13-16,18H2,1-2H3,(H,27,30). The third kappa shape index (κ3) is 4.94. The molecule has 1 aromatic heterocycles. The number of likely N-dealkylation sites (tertiary alicyclic amines) is 1. The van der Waals surface area contributed by atoms with E-state index in [9.17, 15) is 4.79 Å². The number of hydrogen-bond acceptors (Lipinski definition) is 3. The van der Waals surface area contributed by atoms with Gasteiger partial charge in [-0.2, -0.15) is 5.10 Å². The molecule has 1 N–H and O–H groups in total. The minimum absolute atomic E-state index is 0.0240. The molecular weight excluding hydrogens is 372 g/mol. The fraction of sp³-hybridized carbons (Fsp3) is 0.600. The molecule has 1 saturated heterocycles. The van der Waals surface area contributed by atoms with E-state index in [4.69, 9.17) is 0 Å². The van der Waals surface area contributed by atoms with Crippen LogP contribution in [0.15, 0.2) is 30.5 Å². The predicted octanol–water partition coefficient (Wildman–Crippen LogP) is 4.52. The molecule has 5 nitrogen and oxygen atoms in total. The van der Waals surface area contributed by atoms with E-state index in [0.29, 0.717) is 5.56 Å². The van der Waals surface area contributed by atoms with Crippen molar-refractivity contribution in [1.82, 2.24) is 20.0 Å². The van der Waals surface area contributed by atoms with Crippen LogP contribution in [0.5, 0.6) is 0 Å². The van der Waals surface area contributed by atoms with Gasteiger partial charge in [-0.3, -0.25) is 4.79 Å². The van der Waals surface area contributed by atoms with Crippen LogP contribution in [0.25, 0.3) is 5.69 Å². The fourth-order valence-electron chi connectivity index (χ4n) is 5.07. The average Bonchev–Trinajstić information content (AvgIpc) is 3.21. The minimum Gasteiger partial charge on any atom is -0.349 e. The van der Waals surface area contributed by atoms with Gasteiger partial charge < -0.3 is 10.2 Å². The maximum Gasteiger partial charge on any atom is 0.254 e. The Labute approximate surface area is 180 Å². The van der Waals surface area contributed by atoms with Crippen molar-refractivity contribution < 1.29 is 4.79 Å². The quantitative estimate of drug-likeness (QED) is 0.765. The molecule has 0 radical (unpaired) electrons. The summed E-state index contributed by atoms with van der Waals surface area (Å²) in [6.07, 6.45) is 11.6. The number of aromatic nitrogens is 2.